The van der Waals surface area contributed by atoms with E-state index < -0.39 is 11.6 Å². The van der Waals surface area contributed by atoms with Gasteiger partial charge in [0.05, 0.1) is 5.69 Å². The van der Waals surface area contributed by atoms with E-state index in [0.717, 1.165) is 12.1 Å². The zero-order valence-electron chi connectivity index (χ0n) is 9.44. The summed E-state index contributed by atoms with van der Waals surface area (Å²) in [6, 6.07) is 5.07. The van der Waals surface area contributed by atoms with Crippen LogP contribution in [-0.4, -0.2) is 14.6 Å². The Labute approximate surface area is 111 Å². The first kappa shape index (κ1) is 11.9. The fraction of sp³-hybridized carbons (Fsp3) is 0. The molecule has 7 heteroatoms. The summed E-state index contributed by atoms with van der Waals surface area (Å²) in [7, 11) is 0. The fourth-order valence-corrected chi connectivity index (χ4v) is 1.92. The molecule has 1 N–H and O–H groups in total. The van der Waals surface area contributed by atoms with Crippen LogP contribution in [0.3, 0.4) is 0 Å². The molecule has 0 amide bonds. The Bertz CT molecular complexity index is 736. The lowest BCUT2D eigenvalue weighted by Crippen LogP contribution is -2.01. The summed E-state index contributed by atoms with van der Waals surface area (Å²) >= 11 is 5.84. The number of imidazole rings is 1. The molecule has 0 aliphatic heterocycles. The van der Waals surface area contributed by atoms with Gasteiger partial charge in [0.15, 0.2) is 10.8 Å². The van der Waals surface area contributed by atoms with Crippen LogP contribution in [0.1, 0.15) is 0 Å². The minimum atomic E-state index is -0.697. The van der Waals surface area contributed by atoms with E-state index in [9.17, 15) is 8.78 Å². The molecule has 0 unspecified atom stereocenters. The maximum atomic E-state index is 13.6. The maximum Gasteiger partial charge on any atom is 0.177 e. The van der Waals surface area contributed by atoms with Gasteiger partial charge in [0.2, 0.25) is 0 Å². The van der Waals surface area contributed by atoms with Crippen LogP contribution in [0.15, 0.2) is 36.7 Å². The monoisotopic (exact) mass is 280 g/mol. The van der Waals surface area contributed by atoms with Gasteiger partial charge in [0, 0.05) is 18.5 Å². The topological polar surface area (TPSA) is 42.2 Å². The maximum absolute atomic E-state index is 13.6. The number of nitrogens with zero attached hydrogens (tertiary/aromatic N) is 3. The molecule has 19 heavy (non-hydrogen) atoms. The molecule has 2 aromatic heterocycles. The summed E-state index contributed by atoms with van der Waals surface area (Å²) in [6.07, 6.45) is 3.10. The summed E-state index contributed by atoms with van der Waals surface area (Å²) < 4.78 is 28.6. The van der Waals surface area contributed by atoms with Crippen molar-refractivity contribution in [2.45, 2.75) is 0 Å². The van der Waals surface area contributed by atoms with Crippen LogP contribution >= 0.6 is 11.6 Å². The quantitative estimate of drug-likeness (QED) is 0.782. The number of fused-ring (bicyclic) bond motifs is 1. The van der Waals surface area contributed by atoms with Gasteiger partial charge in [-0.15, -0.1) is 0 Å². The highest BCUT2D eigenvalue weighted by Gasteiger charge is 2.12. The van der Waals surface area contributed by atoms with Crippen LogP contribution in [0.2, 0.25) is 5.15 Å². The van der Waals surface area contributed by atoms with Crippen LogP contribution in [-0.2, 0) is 0 Å². The lowest BCUT2D eigenvalue weighted by Gasteiger charge is -2.09. The Kier molecular flexibility index (Phi) is 2.79. The molecule has 4 nitrogen and oxygen atoms in total. The first-order valence-electron chi connectivity index (χ1n) is 5.36. The minimum absolute atomic E-state index is 0.185. The van der Waals surface area contributed by atoms with E-state index in [1.807, 2.05) is 0 Å². The predicted molar refractivity (Wildman–Crippen MR) is 67.6 cm³/mol. The van der Waals surface area contributed by atoms with Crippen molar-refractivity contribution in [3.63, 3.8) is 0 Å². The summed E-state index contributed by atoms with van der Waals surface area (Å²) in [6.45, 7) is 0. The van der Waals surface area contributed by atoms with Gasteiger partial charge in [-0.3, -0.25) is 0 Å². The number of anilines is 2. The molecule has 3 aromatic rings. The number of para-hydroxylation sites is 1. The third-order valence-electron chi connectivity index (χ3n) is 2.55. The number of benzene rings is 1. The van der Waals surface area contributed by atoms with Crippen LogP contribution in [0.25, 0.3) is 5.65 Å². The zero-order chi connectivity index (χ0) is 13.4. The molecule has 3 rings (SSSR count). The molecule has 0 atom stereocenters. The molecular weight excluding hydrogens is 274 g/mol. The highest BCUT2D eigenvalue weighted by molar-refractivity contribution is 6.29. The Hall–Kier alpha value is -2.21. The second-order valence-corrected chi connectivity index (χ2v) is 4.19. The van der Waals surface area contributed by atoms with Gasteiger partial charge in [-0.2, -0.15) is 5.10 Å². The molecule has 0 spiro atoms. The average Bonchev–Trinajstić information content (AvgIpc) is 2.81. The number of hydrogen-bond acceptors (Lipinski definition) is 3. The second kappa shape index (κ2) is 4.47. The van der Waals surface area contributed by atoms with Crippen LogP contribution < -0.4 is 5.32 Å². The zero-order valence-corrected chi connectivity index (χ0v) is 10.2. The Morgan fingerprint density at radius 3 is 2.68 bits per heavy atom. The van der Waals surface area contributed by atoms with E-state index in [0.29, 0.717) is 11.3 Å². The molecule has 96 valence electrons. The van der Waals surface area contributed by atoms with E-state index in [1.165, 1.54) is 22.8 Å². The first-order chi connectivity index (χ1) is 9.15. The fourth-order valence-electron chi connectivity index (χ4n) is 1.73. The Morgan fingerprint density at radius 2 is 1.95 bits per heavy atom. The van der Waals surface area contributed by atoms with Crippen molar-refractivity contribution >= 4 is 28.6 Å². The highest BCUT2D eigenvalue weighted by Crippen LogP contribution is 2.26. The van der Waals surface area contributed by atoms with Gasteiger partial charge in [-0.25, -0.2) is 18.3 Å². The molecule has 0 radical (unpaired) electrons. The second-order valence-electron chi connectivity index (χ2n) is 3.80. The Morgan fingerprint density at radius 1 is 1.21 bits per heavy atom. The largest absolute Gasteiger partial charge is 0.348 e. The van der Waals surface area contributed by atoms with Crippen LogP contribution in [0, 0.1) is 11.6 Å². The van der Waals surface area contributed by atoms with Crippen molar-refractivity contribution in [3.05, 3.63) is 53.4 Å². The van der Waals surface area contributed by atoms with Crippen molar-refractivity contribution in [1.29, 1.82) is 0 Å². The number of halogens is 3. The van der Waals surface area contributed by atoms with Crippen LogP contribution in [0.5, 0.6) is 0 Å². The lowest BCUT2D eigenvalue weighted by atomic mass is 10.2. The third kappa shape index (κ3) is 2.10. The van der Waals surface area contributed by atoms with E-state index in [2.05, 4.69) is 15.4 Å². The van der Waals surface area contributed by atoms with E-state index in [4.69, 9.17) is 11.6 Å². The minimum Gasteiger partial charge on any atom is -0.348 e. The van der Waals surface area contributed by atoms with Crippen molar-refractivity contribution in [3.8, 4) is 0 Å². The van der Waals surface area contributed by atoms with Gasteiger partial charge in [0.25, 0.3) is 0 Å². The van der Waals surface area contributed by atoms with E-state index in [1.54, 1.807) is 6.20 Å². The first-order valence-corrected chi connectivity index (χ1v) is 5.74. The molecule has 0 saturated heterocycles. The molecule has 0 bridgehead atoms. The van der Waals surface area contributed by atoms with Crippen molar-refractivity contribution < 1.29 is 8.78 Å². The highest BCUT2D eigenvalue weighted by atomic mass is 35.5. The van der Waals surface area contributed by atoms with Gasteiger partial charge >= 0.3 is 0 Å². The van der Waals surface area contributed by atoms with Gasteiger partial charge in [-0.1, -0.05) is 17.7 Å². The summed E-state index contributed by atoms with van der Waals surface area (Å²) in [5, 5.41) is 6.81. The molecule has 0 aliphatic carbocycles. The van der Waals surface area contributed by atoms with Gasteiger partial charge < -0.3 is 5.32 Å². The molecule has 0 aliphatic rings. The summed E-state index contributed by atoms with van der Waals surface area (Å²) in [5.41, 5.74) is 0.538. The third-order valence-corrected chi connectivity index (χ3v) is 2.74. The smallest absolute Gasteiger partial charge is 0.177 e. The number of nitrogens with one attached hydrogen (secondary N) is 1. The molecule has 0 fully saturated rings. The predicted octanol–water partition coefficient (Wildman–Crippen LogP) is 3.40. The van der Waals surface area contributed by atoms with Gasteiger partial charge in [0.1, 0.15) is 17.3 Å². The van der Waals surface area contributed by atoms with Gasteiger partial charge in [-0.05, 0) is 12.1 Å². The van der Waals surface area contributed by atoms with Crippen molar-refractivity contribution in [1.82, 2.24) is 14.6 Å². The van der Waals surface area contributed by atoms with E-state index >= 15 is 0 Å². The van der Waals surface area contributed by atoms with Crippen molar-refractivity contribution in [2.24, 2.45) is 0 Å². The molecule has 0 saturated carbocycles. The normalized spacial score (nSPS) is 10.9. The summed E-state index contributed by atoms with van der Waals surface area (Å²) in [5.74, 6) is -1.39. The SMILES string of the molecule is Fc1cccc(F)c1Nc1cc(Cl)nn2ccnc12. The number of rotatable bonds is 2. The standard InChI is InChI=1S/C12H7ClF2N4/c13-10-6-9(12-16-4-5-19(12)18-10)17-11-7(14)2-1-3-8(11)15/h1-6,17H. The average molecular weight is 281 g/mol. The van der Waals surface area contributed by atoms with Crippen molar-refractivity contribution in [2.75, 3.05) is 5.32 Å². The number of hydrogen-bond donors (Lipinski definition) is 1. The Balaban J connectivity index is 2.13. The lowest BCUT2D eigenvalue weighted by molar-refractivity contribution is 0.591. The molecular formula is C12H7ClF2N4. The number of aromatic nitrogens is 3. The summed E-state index contributed by atoms with van der Waals surface area (Å²) in [4.78, 5) is 4.05. The van der Waals surface area contributed by atoms with E-state index in [-0.39, 0.29) is 10.8 Å². The molecule has 1 aromatic carbocycles. The molecule has 2 heterocycles. The van der Waals surface area contributed by atoms with Crippen LogP contribution in [0.4, 0.5) is 20.2 Å².